The minimum Gasteiger partial charge on any atom is -0.388 e. The van der Waals surface area contributed by atoms with Gasteiger partial charge in [0.25, 0.3) is 5.91 Å². The van der Waals surface area contributed by atoms with Gasteiger partial charge in [-0.05, 0) is 34.1 Å². The normalized spacial score (nSPS) is 24.1. The number of hydrogen-bond acceptors (Lipinski definition) is 3. The smallest absolute Gasteiger partial charge is 0.254 e. The predicted molar refractivity (Wildman–Crippen MR) is 67.1 cm³/mol. The number of nitrogens with zero attached hydrogens (tertiary/aromatic N) is 1. The lowest BCUT2D eigenvalue weighted by Gasteiger charge is -2.15. The summed E-state index contributed by atoms with van der Waals surface area (Å²) >= 11 is 9.08. The Kier molecular flexibility index (Phi) is 3.73. The van der Waals surface area contributed by atoms with Crippen molar-refractivity contribution in [2.75, 3.05) is 13.1 Å². The van der Waals surface area contributed by atoms with Gasteiger partial charge in [-0.1, -0.05) is 11.6 Å². The van der Waals surface area contributed by atoms with E-state index in [9.17, 15) is 15.0 Å². The van der Waals surface area contributed by atoms with Crippen LogP contribution in [0.3, 0.4) is 0 Å². The highest BCUT2D eigenvalue weighted by Crippen LogP contribution is 2.24. The Morgan fingerprint density at radius 1 is 1.35 bits per heavy atom. The highest BCUT2D eigenvalue weighted by molar-refractivity contribution is 9.10. The molecular weight excluding hydrogens is 309 g/mol. The number of amides is 1. The molecular formula is C11H11BrClNO3. The van der Waals surface area contributed by atoms with E-state index in [1.54, 1.807) is 18.2 Å². The SMILES string of the molecule is O=C(c1ccc(Cl)c(Br)c1)N1C[C@@H](O)[C@@H](O)C1. The third kappa shape index (κ3) is 2.63. The number of aliphatic hydroxyl groups is 2. The molecule has 1 aliphatic rings. The second-order valence-electron chi connectivity index (χ2n) is 3.97. The fraction of sp³-hybridized carbons (Fsp3) is 0.364. The zero-order valence-corrected chi connectivity index (χ0v) is 11.1. The number of benzene rings is 1. The highest BCUT2D eigenvalue weighted by Gasteiger charge is 2.32. The number of hydrogen-bond donors (Lipinski definition) is 2. The number of β-amino-alcohol motifs (C(OH)–C–C–N with tert-alkyl or cyclic N) is 2. The maximum Gasteiger partial charge on any atom is 0.254 e. The van der Waals surface area contributed by atoms with Crippen LogP contribution in [0.4, 0.5) is 0 Å². The topological polar surface area (TPSA) is 60.8 Å². The molecule has 0 unspecified atom stereocenters. The second kappa shape index (κ2) is 4.94. The van der Waals surface area contributed by atoms with Gasteiger partial charge in [0.05, 0.1) is 17.2 Å². The van der Waals surface area contributed by atoms with E-state index in [0.717, 1.165) is 0 Å². The van der Waals surface area contributed by atoms with Gasteiger partial charge in [-0.3, -0.25) is 4.79 Å². The lowest BCUT2D eigenvalue weighted by molar-refractivity contribution is 0.0572. The summed E-state index contributed by atoms with van der Waals surface area (Å²) in [4.78, 5) is 13.5. The van der Waals surface area contributed by atoms with Gasteiger partial charge in [0.1, 0.15) is 0 Å². The van der Waals surface area contributed by atoms with Crippen LogP contribution in [-0.4, -0.2) is 46.3 Å². The molecule has 2 N–H and O–H groups in total. The van der Waals surface area contributed by atoms with Gasteiger partial charge in [0.2, 0.25) is 0 Å². The number of aliphatic hydroxyl groups excluding tert-OH is 2. The van der Waals surface area contributed by atoms with Crippen LogP contribution >= 0.6 is 27.5 Å². The van der Waals surface area contributed by atoms with Crippen molar-refractivity contribution >= 4 is 33.4 Å². The van der Waals surface area contributed by atoms with Crippen LogP contribution in [0.5, 0.6) is 0 Å². The average molecular weight is 321 g/mol. The van der Waals surface area contributed by atoms with E-state index in [1.165, 1.54) is 4.90 Å². The summed E-state index contributed by atoms with van der Waals surface area (Å²) in [7, 11) is 0. The molecule has 1 saturated heterocycles. The zero-order chi connectivity index (χ0) is 12.6. The number of halogens is 2. The van der Waals surface area contributed by atoms with Gasteiger partial charge >= 0.3 is 0 Å². The standard InChI is InChI=1S/C11H11BrClNO3/c12-7-3-6(1-2-8(7)13)11(17)14-4-9(15)10(16)5-14/h1-3,9-10,15-16H,4-5H2/t9-,10+. The van der Waals surface area contributed by atoms with Crippen molar-refractivity contribution in [3.8, 4) is 0 Å². The largest absolute Gasteiger partial charge is 0.388 e. The molecule has 1 amide bonds. The molecule has 1 heterocycles. The first-order valence-electron chi connectivity index (χ1n) is 5.09. The Bertz CT molecular complexity index is 444. The van der Waals surface area contributed by atoms with E-state index in [-0.39, 0.29) is 19.0 Å². The molecule has 1 aromatic carbocycles. The van der Waals surface area contributed by atoms with E-state index in [2.05, 4.69) is 15.9 Å². The fourth-order valence-electron chi connectivity index (χ4n) is 1.75. The Balaban J connectivity index is 2.17. The molecule has 0 aliphatic carbocycles. The van der Waals surface area contributed by atoms with Crippen LogP contribution in [0, 0.1) is 0 Å². The number of rotatable bonds is 1. The minimum atomic E-state index is -0.866. The third-order valence-corrected chi connectivity index (χ3v) is 3.93. The second-order valence-corrected chi connectivity index (χ2v) is 5.24. The van der Waals surface area contributed by atoms with Gasteiger partial charge < -0.3 is 15.1 Å². The van der Waals surface area contributed by atoms with Crippen LogP contribution in [-0.2, 0) is 0 Å². The molecule has 2 atom stereocenters. The summed E-state index contributed by atoms with van der Waals surface area (Å²) in [5, 5.41) is 19.3. The Morgan fingerprint density at radius 3 is 2.47 bits per heavy atom. The highest BCUT2D eigenvalue weighted by atomic mass is 79.9. The van der Waals surface area contributed by atoms with Crippen molar-refractivity contribution in [3.05, 3.63) is 33.3 Å². The summed E-state index contributed by atoms with van der Waals surface area (Å²) in [6.07, 6.45) is -1.73. The average Bonchev–Trinajstić information content (AvgIpc) is 2.62. The Labute approximate surface area is 112 Å². The first-order valence-corrected chi connectivity index (χ1v) is 6.26. The van der Waals surface area contributed by atoms with Gasteiger partial charge in [0, 0.05) is 23.1 Å². The first-order chi connectivity index (χ1) is 7.99. The summed E-state index contributed by atoms with van der Waals surface area (Å²) in [6.45, 7) is 0.306. The van der Waals surface area contributed by atoms with Crippen LogP contribution in [0.15, 0.2) is 22.7 Å². The summed E-state index contributed by atoms with van der Waals surface area (Å²) in [6, 6.07) is 4.87. The Hall–Kier alpha value is -0.620. The molecule has 1 fully saturated rings. The molecule has 2 rings (SSSR count). The Morgan fingerprint density at radius 2 is 1.94 bits per heavy atom. The maximum atomic E-state index is 12.0. The summed E-state index contributed by atoms with van der Waals surface area (Å²) < 4.78 is 0.644. The van der Waals surface area contributed by atoms with E-state index >= 15 is 0 Å². The predicted octanol–water partition coefficient (Wildman–Crippen LogP) is 1.28. The van der Waals surface area contributed by atoms with E-state index < -0.39 is 12.2 Å². The molecule has 0 bridgehead atoms. The molecule has 4 nitrogen and oxygen atoms in total. The van der Waals surface area contributed by atoms with E-state index in [1.807, 2.05) is 0 Å². The van der Waals surface area contributed by atoms with Gasteiger partial charge in [-0.2, -0.15) is 0 Å². The molecule has 0 saturated carbocycles. The van der Waals surface area contributed by atoms with Gasteiger partial charge in [-0.25, -0.2) is 0 Å². The van der Waals surface area contributed by atoms with Crippen molar-refractivity contribution in [1.29, 1.82) is 0 Å². The molecule has 92 valence electrons. The van der Waals surface area contributed by atoms with Crippen LogP contribution in [0.2, 0.25) is 5.02 Å². The fourth-order valence-corrected chi connectivity index (χ4v) is 2.24. The quantitative estimate of drug-likeness (QED) is 0.819. The summed E-state index contributed by atoms with van der Waals surface area (Å²) in [5.41, 5.74) is 0.475. The van der Waals surface area contributed by atoms with Gasteiger partial charge in [0.15, 0.2) is 0 Å². The third-order valence-electron chi connectivity index (χ3n) is 2.71. The molecule has 0 aromatic heterocycles. The van der Waals surface area contributed by atoms with Crippen molar-refractivity contribution in [1.82, 2.24) is 4.90 Å². The lowest BCUT2D eigenvalue weighted by Crippen LogP contribution is -2.29. The molecule has 0 spiro atoms. The maximum absolute atomic E-state index is 12.0. The monoisotopic (exact) mass is 319 g/mol. The van der Waals surface area contributed by atoms with Crippen LogP contribution in [0.25, 0.3) is 0 Å². The number of likely N-dealkylation sites (tertiary alicyclic amines) is 1. The first kappa shape index (κ1) is 12.8. The molecule has 1 aromatic rings. The van der Waals surface area contributed by atoms with E-state index in [4.69, 9.17) is 11.6 Å². The van der Waals surface area contributed by atoms with Crippen molar-refractivity contribution in [2.24, 2.45) is 0 Å². The van der Waals surface area contributed by atoms with Crippen molar-refractivity contribution < 1.29 is 15.0 Å². The van der Waals surface area contributed by atoms with Crippen LogP contribution < -0.4 is 0 Å². The molecule has 0 radical (unpaired) electrons. The molecule has 6 heteroatoms. The molecule has 1 aliphatic heterocycles. The van der Waals surface area contributed by atoms with Crippen molar-refractivity contribution in [3.63, 3.8) is 0 Å². The summed E-state index contributed by atoms with van der Waals surface area (Å²) in [5.74, 6) is -0.224. The minimum absolute atomic E-state index is 0.153. The van der Waals surface area contributed by atoms with Crippen LogP contribution in [0.1, 0.15) is 10.4 Å². The van der Waals surface area contributed by atoms with Gasteiger partial charge in [-0.15, -0.1) is 0 Å². The lowest BCUT2D eigenvalue weighted by atomic mass is 10.2. The number of carbonyl (C=O) groups is 1. The van der Waals surface area contributed by atoms with Crippen molar-refractivity contribution in [2.45, 2.75) is 12.2 Å². The number of carbonyl (C=O) groups excluding carboxylic acids is 1. The van der Waals surface area contributed by atoms with E-state index in [0.29, 0.717) is 15.1 Å². The zero-order valence-electron chi connectivity index (χ0n) is 8.81. The molecule has 17 heavy (non-hydrogen) atoms.